The molecule has 0 spiro atoms. The van der Waals surface area contributed by atoms with Crippen molar-refractivity contribution in [3.8, 4) is 11.8 Å². The first-order valence-electron chi connectivity index (χ1n) is 10.4. The van der Waals surface area contributed by atoms with Crippen LogP contribution < -0.4 is 11.1 Å². The van der Waals surface area contributed by atoms with Crippen LogP contribution in [0.5, 0.6) is 0 Å². The number of nitrogens with one attached hydrogen (secondary N) is 1. The van der Waals surface area contributed by atoms with Crippen LogP contribution in [0.25, 0.3) is 5.78 Å². The van der Waals surface area contributed by atoms with Crippen molar-refractivity contribution in [3.63, 3.8) is 0 Å². The Bertz CT molecular complexity index is 1480. The van der Waals surface area contributed by atoms with E-state index in [0.717, 1.165) is 16.8 Å². The first-order chi connectivity index (χ1) is 16.3. The average Bonchev–Trinajstić information content (AvgIpc) is 3.20. The van der Waals surface area contributed by atoms with Gasteiger partial charge in [0.15, 0.2) is 0 Å². The van der Waals surface area contributed by atoms with Gasteiger partial charge in [0.05, 0.1) is 19.1 Å². The lowest BCUT2D eigenvalue weighted by molar-refractivity contribution is -0.115. The Morgan fingerprint density at radius 1 is 1.06 bits per heavy atom. The Morgan fingerprint density at radius 3 is 2.50 bits per heavy atom. The molecule has 0 aliphatic carbocycles. The highest BCUT2D eigenvalue weighted by Crippen LogP contribution is 2.17. The predicted octanol–water partition coefficient (Wildman–Crippen LogP) is 2.69. The zero-order valence-corrected chi connectivity index (χ0v) is 18.9. The number of nitrogens with two attached hydrogens (primary N) is 1. The molecule has 1 amide bonds. The maximum absolute atomic E-state index is 12.8. The highest BCUT2D eigenvalue weighted by molar-refractivity contribution is 5.92. The number of carbonyl (C=O) groups is 2. The number of amides is 1. The van der Waals surface area contributed by atoms with Crippen LogP contribution in [0, 0.1) is 25.7 Å². The molecule has 0 saturated heterocycles. The summed E-state index contributed by atoms with van der Waals surface area (Å²) >= 11 is 0. The largest absolute Gasteiger partial charge is 0.465 e. The zero-order chi connectivity index (χ0) is 24.2. The van der Waals surface area contributed by atoms with Gasteiger partial charge in [0, 0.05) is 33.8 Å². The van der Waals surface area contributed by atoms with Gasteiger partial charge in [-0.15, -0.1) is 5.10 Å². The fraction of sp³-hybridized carbons (Fsp3) is 0.160. The van der Waals surface area contributed by atoms with Gasteiger partial charge in [0.2, 0.25) is 11.9 Å². The minimum absolute atomic E-state index is 0.122. The third kappa shape index (κ3) is 4.86. The SMILES string of the molecule is COC(=O)c1cccc(C#Cc2cccc(NC(=O)Cc3c(C)nc4nc(N)nn4c3C)c2)c1. The first kappa shape index (κ1) is 22.5. The van der Waals surface area contributed by atoms with Crippen molar-refractivity contribution in [1.29, 1.82) is 0 Å². The van der Waals surface area contributed by atoms with Crippen molar-refractivity contribution < 1.29 is 14.3 Å². The number of aryl methyl sites for hydroxylation is 2. The van der Waals surface area contributed by atoms with Gasteiger partial charge in [-0.1, -0.05) is 24.0 Å². The van der Waals surface area contributed by atoms with Crippen LogP contribution in [0.3, 0.4) is 0 Å². The molecule has 170 valence electrons. The molecule has 34 heavy (non-hydrogen) atoms. The Labute approximate surface area is 196 Å². The summed E-state index contributed by atoms with van der Waals surface area (Å²) < 4.78 is 6.28. The second-order valence-corrected chi connectivity index (χ2v) is 7.57. The molecule has 4 aromatic rings. The smallest absolute Gasteiger partial charge is 0.337 e. The highest BCUT2D eigenvalue weighted by Gasteiger charge is 2.15. The van der Waals surface area contributed by atoms with Crippen LogP contribution >= 0.6 is 0 Å². The molecule has 4 rings (SSSR count). The summed E-state index contributed by atoms with van der Waals surface area (Å²) in [5.74, 6) is 6.01. The fourth-order valence-corrected chi connectivity index (χ4v) is 3.51. The summed E-state index contributed by atoms with van der Waals surface area (Å²) in [6, 6.07) is 14.1. The van der Waals surface area contributed by atoms with Crippen molar-refractivity contribution in [3.05, 3.63) is 82.2 Å². The van der Waals surface area contributed by atoms with Gasteiger partial charge in [-0.3, -0.25) is 4.79 Å². The normalized spacial score (nSPS) is 10.4. The van der Waals surface area contributed by atoms with Crippen LogP contribution in [0.2, 0.25) is 0 Å². The number of hydrogen-bond donors (Lipinski definition) is 2. The second-order valence-electron chi connectivity index (χ2n) is 7.57. The van der Waals surface area contributed by atoms with Crippen LogP contribution in [0.15, 0.2) is 48.5 Å². The molecule has 0 atom stereocenters. The minimum Gasteiger partial charge on any atom is -0.465 e. The summed E-state index contributed by atoms with van der Waals surface area (Å²) in [5, 5.41) is 7.03. The van der Waals surface area contributed by atoms with E-state index in [1.54, 1.807) is 30.3 Å². The van der Waals surface area contributed by atoms with E-state index in [4.69, 9.17) is 10.5 Å². The molecule has 2 aromatic heterocycles. The maximum Gasteiger partial charge on any atom is 0.337 e. The van der Waals surface area contributed by atoms with E-state index >= 15 is 0 Å². The molecule has 0 aliphatic rings. The predicted molar refractivity (Wildman–Crippen MR) is 127 cm³/mol. The number of nitrogen functional groups attached to an aromatic ring is 1. The Kier molecular flexibility index (Phi) is 6.23. The zero-order valence-electron chi connectivity index (χ0n) is 18.9. The van der Waals surface area contributed by atoms with Gasteiger partial charge in [0.25, 0.3) is 5.78 Å². The topological polar surface area (TPSA) is 124 Å². The lowest BCUT2D eigenvalue weighted by Crippen LogP contribution is -2.17. The molecular weight excluding hydrogens is 432 g/mol. The summed E-state index contributed by atoms with van der Waals surface area (Å²) in [6.45, 7) is 3.68. The van der Waals surface area contributed by atoms with Gasteiger partial charge in [-0.05, 0) is 50.2 Å². The van der Waals surface area contributed by atoms with Crippen molar-refractivity contribution in [1.82, 2.24) is 19.6 Å². The minimum atomic E-state index is -0.416. The van der Waals surface area contributed by atoms with Crippen molar-refractivity contribution in [2.24, 2.45) is 0 Å². The molecule has 0 bridgehead atoms. The van der Waals surface area contributed by atoms with E-state index in [0.29, 0.717) is 28.3 Å². The number of methoxy groups -OCH3 is 1. The summed E-state index contributed by atoms with van der Waals surface area (Å²) in [5.41, 5.74) is 10.3. The van der Waals surface area contributed by atoms with Crippen LogP contribution in [-0.4, -0.2) is 38.6 Å². The number of ether oxygens (including phenoxy) is 1. The van der Waals surface area contributed by atoms with Gasteiger partial charge < -0.3 is 15.8 Å². The highest BCUT2D eigenvalue weighted by atomic mass is 16.5. The number of rotatable bonds is 4. The molecule has 9 heteroatoms. The third-order valence-corrected chi connectivity index (χ3v) is 5.18. The Morgan fingerprint density at radius 2 is 1.76 bits per heavy atom. The number of aromatic nitrogens is 4. The number of hydrogen-bond acceptors (Lipinski definition) is 7. The summed E-state index contributed by atoms with van der Waals surface area (Å²) in [7, 11) is 1.34. The van der Waals surface area contributed by atoms with E-state index in [9.17, 15) is 9.59 Å². The molecule has 0 aliphatic heterocycles. The average molecular weight is 454 g/mol. The molecule has 3 N–H and O–H groups in total. The monoisotopic (exact) mass is 454 g/mol. The lowest BCUT2D eigenvalue weighted by atomic mass is 10.1. The number of nitrogens with zero attached hydrogens (tertiary/aromatic N) is 4. The van der Waals surface area contributed by atoms with Gasteiger partial charge >= 0.3 is 5.97 Å². The molecule has 0 radical (unpaired) electrons. The molecule has 0 fully saturated rings. The number of fused-ring (bicyclic) bond motifs is 1. The van der Waals surface area contributed by atoms with Crippen LogP contribution in [0.4, 0.5) is 11.6 Å². The second kappa shape index (κ2) is 9.42. The van der Waals surface area contributed by atoms with Gasteiger partial charge in [-0.25, -0.2) is 9.78 Å². The van der Waals surface area contributed by atoms with Gasteiger partial charge in [-0.2, -0.15) is 9.50 Å². The first-order valence-corrected chi connectivity index (χ1v) is 10.4. The standard InChI is InChI=1S/C25H22N6O3/c1-15-21(16(2)31-25(27-15)29-24(26)30-31)14-22(32)28-20-9-5-7-18(13-20)11-10-17-6-4-8-19(12-17)23(33)34-3/h4-9,12-13H,14H2,1-3H3,(H2,26,30)(H,28,32). The third-order valence-electron chi connectivity index (χ3n) is 5.18. The van der Waals surface area contributed by atoms with Crippen molar-refractivity contribution in [2.45, 2.75) is 20.3 Å². The van der Waals surface area contributed by atoms with E-state index in [1.807, 2.05) is 32.0 Å². The lowest BCUT2D eigenvalue weighted by Gasteiger charge is -2.11. The summed E-state index contributed by atoms with van der Waals surface area (Å²) in [4.78, 5) is 32.9. The molecule has 0 unspecified atom stereocenters. The number of esters is 1. The number of benzene rings is 2. The van der Waals surface area contributed by atoms with E-state index < -0.39 is 5.97 Å². The quantitative estimate of drug-likeness (QED) is 0.359. The van der Waals surface area contributed by atoms with Crippen molar-refractivity contribution in [2.75, 3.05) is 18.2 Å². The van der Waals surface area contributed by atoms with E-state index in [2.05, 4.69) is 32.2 Å². The number of anilines is 2. The molecule has 2 aromatic carbocycles. The van der Waals surface area contributed by atoms with Crippen molar-refractivity contribution >= 4 is 29.3 Å². The summed E-state index contributed by atoms with van der Waals surface area (Å²) in [6.07, 6.45) is 0.122. The molecule has 9 nitrogen and oxygen atoms in total. The van der Waals surface area contributed by atoms with Gasteiger partial charge in [0.1, 0.15) is 0 Å². The van der Waals surface area contributed by atoms with E-state index in [-0.39, 0.29) is 18.3 Å². The fourth-order valence-electron chi connectivity index (χ4n) is 3.51. The van der Waals surface area contributed by atoms with E-state index in [1.165, 1.54) is 11.6 Å². The van der Waals surface area contributed by atoms with Crippen LogP contribution in [0.1, 0.15) is 38.4 Å². The molecule has 2 heterocycles. The molecular formula is C25H22N6O3. The van der Waals surface area contributed by atoms with Crippen LogP contribution in [-0.2, 0) is 16.0 Å². The number of carbonyl (C=O) groups excluding carboxylic acids is 2. The maximum atomic E-state index is 12.8. The molecule has 0 saturated carbocycles. The Balaban J connectivity index is 1.50. The Hall–Kier alpha value is -4.71.